The van der Waals surface area contributed by atoms with Gasteiger partial charge in [0.25, 0.3) is 11.8 Å². The summed E-state index contributed by atoms with van der Waals surface area (Å²) in [7, 11) is -3.48. The summed E-state index contributed by atoms with van der Waals surface area (Å²) in [5, 5.41) is 0. The molecule has 1 aromatic carbocycles. The van der Waals surface area contributed by atoms with Crippen LogP contribution in [0.4, 0.5) is 0 Å². The highest BCUT2D eigenvalue weighted by atomic mass is 32.2. The lowest BCUT2D eigenvalue weighted by atomic mass is 10.0. The van der Waals surface area contributed by atoms with Crippen LogP contribution in [0.15, 0.2) is 47.5 Å². The molecule has 1 aromatic heterocycles. The maximum atomic E-state index is 12.8. The van der Waals surface area contributed by atoms with E-state index in [9.17, 15) is 18.0 Å². The molecule has 0 saturated carbocycles. The molecule has 0 bridgehead atoms. The summed E-state index contributed by atoms with van der Waals surface area (Å²) in [5.41, 5.74) is 1.38. The number of hydrogen-bond acceptors (Lipinski definition) is 5. The predicted octanol–water partition coefficient (Wildman–Crippen LogP) is 2.34. The van der Waals surface area contributed by atoms with E-state index in [0.717, 1.165) is 18.4 Å². The predicted molar refractivity (Wildman–Crippen MR) is 107 cm³/mol. The van der Waals surface area contributed by atoms with E-state index >= 15 is 0 Å². The van der Waals surface area contributed by atoms with Crippen LogP contribution in [0.25, 0.3) is 0 Å². The van der Waals surface area contributed by atoms with Crippen LogP contribution in [0, 0.1) is 5.92 Å². The van der Waals surface area contributed by atoms with Gasteiger partial charge in [-0.15, -0.1) is 0 Å². The number of hydrogen-bond donors (Lipinski definition) is 0. The molecule has 0 radical (unpaired) electrons. The van der Waals surface area contributed by atoms with Gasteiger partial charge in [-0.25, -0.2) is 8.42 Å². The second kappa shape index (κ2) is 7.68. The van der Waals surface area contributed by atoms with Crippen LogP contribution >= 0.6 is 0 Å². The number of aromatic nitrogens is 1. The first-order valence-electron chi connectivity index (χ1n) is 9.78. The van der Waals surface area contributed by atoms with Gasteiger partial charge in [-0.2, -0.15) is 4.31 Å². The first-order chi connectivity index (χ1) is 13.9. The van der Waals surface area contributed by atoms with Gasteiger partial charge in [-0.05, 0) is 55.0 Å². The molecule has 29 heavy (non-hydrogen) atoms. The van der Waals surface area contributed by atoms with Gasteiger partial charge in [0.15, 0.2) is 0 Å². The number of imide groups is 1. The first kappa shape index (κ1) is 19.7. The molecule has 7 nitrogen and oxygen atoms in total. The average Bonchev–Trinajstić information content (AvgIpc) is 2.97. The van der Waals surface area contributed by atoms with Gasteiger partial charge in [0.1, 0.15) is 5.69 Å². The van der Waals surface area contributed by atoms with E-state index in [-0.39, 0.29) is 28.9 Å². The van der Waals surface area contributed by atoms with Crippen molar-refractivity contribution < 1.29 is 18.0 Å². The molecule has 2 amide bonds. The molecule has 152 valence electrons. The minimum atomic E-state index is -3.48. The second-order valence-corrected chi connectivity index (χ2v) is 9.58. The Morgan fingerprint density at radius 1 is 1.03 bits per heavy atom. The van der Waals surface area contributed by atoms with Gasteiger partial charge >= 0.3 is 0 Å². The van der Waals surface area contributed by atoms with Crippen LogP contribution in [0.3, 0.4) is 0 Å². The number of carbonyl (C=O) groups excluding carboxylic acids is 2. The lowest BCUT2D eigenvalue weighted by Gasteiger charge is -2.29. The summed E-state index contributed by atoms with van der Waals surface area (Å²) in [6.45, 7) is 3.48. The molecule has 1 fully saturated rings. The summed E-state index contributed by atoms with van der Waals surface area (Å²) < 4.78 is 27.2. The molecule has 3 heterocycles. The number of carbonyl (C=O) groups is 2. The zero-order valence-electron chi connectivity index (χ0n) is 16.2. The highest BCUT2D eigenvalue weighted by molar-refractivity contribution is 7.89. The van der Waals surface area contributed by atoms with E-state index in [1.807, 2.05) is 0 Å². The van der Waals surface area contributed by atoms with Crippen molar-refractivity contribution in [2.75, 3.05) is 19.6 Å². The molecular weight excluding hydrogens is 390 g/mol. The number of piperidine rings is 1. The van der Waals surface area contributed by atoms with Gasteiger partial charge in [0.2, 0.25) is 10.0 Å². The molecule has 0 unspecified atom stereocenters. The van der Waals surface area contributed by atoms with Crippen LogP contribution in [0.2, 0.25) is 0 Å². The topological polar surface area (TPSA) is 87.7 Å². The molecule has 0 N–H and O–H groups in total. The fourth-order valence-electron chi connectivity index (χ4n) is 3.76. The number of pyridine rings is 1. The van der Waals surface area contributed by atoms with Crippen molar-refractivity contribution in [3.05, 3.63) is 59.4 Å². The van der Waals surface area contributed by atoms with Gasteiger partial charge in [0, 0.05) is 25.8 Å². The third kappa shape index (κ3) is 3.70. The Morgan fingerprint density at radius 2 is 1.72 bits per heavy atom. The van der Waals surface area contributed by atoms with Gasteiger partial charge in [-0.1, -0.05) is 19.1 Å². The SMILES string of the molecule is CC1CCN(S(=O)(=O)c2ccc(CCN3C(=O)c4cccnc4C3=O)cc2)CC1. The van der Waals surface area contributed by atoms with Gasteiger partial charge in [-0.3, -0.25) is 19.5 Å². The quantitative estimate of drug-likeness (QED) is 0.702. The van der Waals surface area contributed by atoms with E-state index in [1.54, 1.807) is 40.7 Å². The van der Waals surface area contributed by atoms with Crippen molar-refractivity contribution in [2.45, 2.75) is 31.1 Å². The highest BCUT2D eigenvalue weighted by Gasteiger charge is 2.36. The van der Waals surface area contributed by atoms with E-state index in [0.29, 0.717) is 31.0 Å². The second-order valence-electron chi connectivity index (χ2n) is 7.64. The van der Waals surface area contributed by atoms with Crippen molar-refractivity contribution in [1.82, 2.24) is 14.2 Å². The van der Waals surface area contributed by atoms with E-state index in [1.165, 1.54) is 11.1 Å². The Hall–Kier alpha value is -2.58. The number of rotatable bonds is 5. The molecule has 0 spiro atoms. The zero-order chi connectivity index (χ0) is 20.6. The molecule has 0 aliphatic carbocycles. The molecular formula is C21H23N3O4S. The zero-order valence-corrected chi connectivity index (χ0v) is 17.1. The fraction of sp³-hybridized carbons (Fsp3) is 0.381. The monoisotopic (exact) mass is 413 g/mol. The normalized spacial score (nSPS) is 18.3. The molecule has 0 atom stereocenters. The molecule has 4 rings (SSSR count). The molecule has 8 heteroatoms. The lowest BCUT2D eigenvalue weighted by Crippen LogP contribution is -2.37. The van der Waals surface area contributed by atoms with E-state index in [2.05, 4.69) is 11.9 Å². The Bertz CT molecular complexity index is 1010. The van der Waals surface area contributed by atoms with Crippen molar-refractivity contribution in [1.29, 1.82) is 0 Å². The summed E-state index contributed by atoms with van der Waals surface area (Å²) in [6.07, 6.45) is 3.71. The summed E-state index contributed by atoms with van der Waals surface area (Å²) in [6, 6.07) is 9.93. The summed E-state index contributed by atoms with van der Waals surface area (Å²) >= 11 is 0. The Labute approximate surface area is 170 Å². The Kier molecular flexibility index (Phi) is 5.23. The van der Waals surface area contributed by atoms with Crippen LogP contribution in [0.5, 0.6) is 0 Å². The molecule has 2 aliphatic rings. The summed E-state index contributed by atoms with van der Waals surface area (Å²) in [5.74, 6) is -0.165. The van der Waals surface area contributed by atoms with E-state index < -0.39 is 10.0 Å². The van der Waals surface area contributed by atoms with Gasteiger partial charge in [0.05, 0.1) is 10.5 Å². The third-order valence-corrected chi connectivity index (χ3v) is 7.57. The molecule has 2 aromatic rings. The van der Waals surface area contributed by atoms with Gasteiger partial charge < -0.3 is 0 Å². The number of amides is 2. The maximum Gasteiger partial charge on any atom is 0.280 e. The number of nitrogens with zero attached hydrogens (tertiary/aromatic N) is 3. The van der Waals surface area contributed by atoms with Crippen LogP contribution in [-0.2, 0) is 16.4 Å². The first-order valence-corrected chi connectivity index (χ1v) is 11.2. The largest absolute Gasteiger partial charge is 0.280 e. The van der Waals surface area contributed by atoms with Crippen LogP contribution in [0.1, 0.15) is 46.2 Å². The van der Waals surface area contributed by atoms with Crippen molar-refractivity contribution in [3.8, 4) is 0 Å². The molecule has 2 aliphatic heterocycles. The standard InChI is InChI=1S/C21H23N3O4S/c1-15-8-12-23(13-9-15)29(27,28)17-6-4-16(5-7-17)10-14-24-20(25)18-3-2-11-22-19(18)21(24)26/h2-7,11,15H,8-10,12-14H2,1H3. The van der Waals surface area contributed by atoms with Crippen LogP contribution < -0.4 is 0 Å². The smallest absolute Gasteiger partial charge is 0.273 e. The van der Waals surface area contributed by atoms with Crippen molar-refractivity contribution in [3.63, 3.8) is 0 Å². The fourth-order valence-corrected chi connectivity index (χ4v) is 5.23. The lowest BCUT2D eigenvalue weighted by molar-refractivity contribution is 0.0654. The van der Waals surface area contributed by atoms with Crippen molar-refractivity contribution in [2.24, 2.45) is 5.92 Å². The number of sulfonamides is 1. The number of benzene rings is 1. The maximum absolute atomic E-state index is 12.8. The minimum Gasteiger partial charge on any atom is -0.273 e. The summed E-state index contributed by atoms with van der Waals surface area (Å²) in [4.78, 5) is 30.2. The third-order valence-electron chi connectivity index (χ3n) is 5.66. The minimum absolute atomic E-state index is 0.190. The Balaban J connectivity index is 1.42. The average molecular weight is 413 g/mol. The number of fused-ring (bicyclic) bond motifs is 1. The highest BCUT2D eigenvalue weighted by Crippen LogP contribution is 2.24. The van der Waals surface area contributed by atoms with E-state index in [4.69, 9.17) is 0 Å². The van der Waals surface area contributed by atoms with Crippen molar-refractivity contribution >= 4 is 21.8 Å². The Morgan fingerprint density at radius 3 is 2.38 bits per heavy atom. The molecule has 1 saturated heterocycles. The van der Waals surface area contributed by atoms with Crippen LogP contribution in [-0.4, -0.2) is 54.1 Å².